The highest BCUT2D eigenvalue weighted by molar-refractivity contribution is 5.94. The lowest BCUT2D eigenvalue weighted by molar-refractivity contribution is -0.575. The second kappa shape index (κ2) is 19.5. The van der Waals surface area contributed by atoms with Crippen LogP contribution in [0, 0.1) is 47.3 Å². The molecule has 9 aliphatic heterocycles. The number of ether oxygens (including phenoxy) is 6. The molecular weight excluding hydrogens is 897 g/mol. The second-order valence-electron chi connectivity index (χ2n) is 22.7. The molecule has 384 valence electrons. The molecule has 11 aliphatic rings. The predicted octanol–water partition coefficient (Wildman–Crippen LogP) is 7.42. The fourth-order valence-electron chi connectivity index (χ4n) is 14.1. The molecule has 0 radical (unpaired) electrons. The van der Waals surface area contributed by atoms with Gasteiger partial charge in [-0.05, 0) is 151 Å². The SMILES string of the molecule is C[C@@H]1CCC2[C@@H](C)[C@@H](Oc3ccc(C(=O)NCCCN4CCN(CCCNC(=O)c5ccc(O[C@H]6OC7OC8(C)CCC9[C@H](C)CCC([C@H]6C)[C@@]79OO8)cc5)CC4)cc3)OC3OC4(C)CCC1[C@]32OO4. The number of carbonyl (C=O) groups excluding carboxylic acids is 2. The summed E-state index contributed by atoms with van der Waals surface area (Å²) in [5.74, 6) is 1.50. The average Bonchev–Trinajstić information content (AvgIpc) is 3.74. The van der Waals surface area contributed by atoms with Crippen LogP contribution in [0.1, 0.15) is 126 Å². The molecule has 11 fully saturated rings. The van der Waals surface area contributed by atoms with E-state index in [4.69, 9.17) is 48.0 Å². The van der Waals surface area contributed by atoms with E-state index < -0.39 is 47.9 Å². The summed E-state index contributed by atoms with van der Waals surface area (Å²) < 4.78 is 39.1. The Morgan fingerprint density at radius 1 is 0.557 bits per heavy atom. The highest BCUT2D eigenvalue weighted by Gasteiger charge is 2.71. The lowest BCUT2D eigenvalue weighted by Crippen LogP contribution is -2.70. The summed E-state index contributed by atoms with van der Waals surface area (Å²) in [6, 6.07) is 14.6. The Hall–Kier alpha value is -3.42. The van der Waals surface area contributed by atoms with Crippen LogP contribution in [-0.2, 0) is 38.5 Å². The molecule has 2 N–H and O–H groups in total. The van der Waals surface area contributed by atoms with E-state index >= 15 is 0 Å². The van der Waals surface area contributed by atoms with Gasteiger partial charge in [0.2, 0.25) is 24.2 Å². The molecule has 16 nitrogen and oxygen atoms in total. The van der Waals surface area contributed by atoms with Crippen molar-refractivity contribution < 1.29 is 57.6 Å². The van der Waals surface area contributed by atoms with Crippen molar-refractivity contribution >= 4 is 11.8 Å². The maximum Gasteiger partial charge on any atom is 0.251 e. The smallest absolute Gasteiger partial charge is 0.251 e. The second-order valence-corrected chi connectivity index (χ2v) is 22.7. The molecular formula is C54H76N4O12. The molecule has 16 heteroatoms. The van der Waals surface area contributed by atoms with E-state index in [2.05, 4.69) is 48.1 Å². The number of piperazine rings is 1. The van der Waals surface area contributed by atoms with Crippen LogP contribution in [0.4, 0.5) is 0 Å². The van der Waals surface area contributed by atoms with Gasteiger partial charge in [-0.15, -0.1) is 0 Å². The molecule has 8 unspecified atom stereocenters. The Balaban J connectivity index is 0.566. The standard InChI is InChI=1S/C54H76N4O12/c1-33-9-19-43-35(3)47(63-49-53(43)41(33)21-23-51(5,65-49)67-69-53)61-39-15-11-37(12-16-39)45(59)55-25-7-27-57-29-31-58(32-30-57)28-8-26-56-46(60)38-13-17-40(18-14-38)62-48-36(4)44-20-10-34(2)42-22-24-52(6)66-50(64-48)54(42,44)70-68-52/h11-18,33-36,41-44,47-50H,7-10,19-32H2,1-6H3,(H,55,59)(H,56,60)/t33-,34-,35-,36-,41?,42?,43?,44?,47+,48+,49?,50?,51?,52?,53-,54-/m1/s1. The Bertz CT molecular complexity index is 2030. The molecule has 13 rings (SSSR count). The average molecular weight is 973 g/mol. The van der Waals surface area contributed by atoms with E-state index in [1.165, 1.54) is 0 Å². The molecule has 2 aliphatic carbocycles. The number of hydrogen-bond acceptors (Lipinski definition) is 14. The molecule has 2 aromatic rings. The number of amides is 2. The first-order valence-electron chi connectivity index (χ1n) is 26.7. The number of nitrogens with one attached hydrogen (secondary N) is 2. The highest BCUT2D eigenvalue weighted by atomic mass is 17.3. The zero-order valence-corrected chi connectivity index (χ0v) is 42.1. The third kappa shape index (κ3) is 8.97. The zero-order chi connectivity index (χ0) is 48.4. The monoisotopic (exact) mass is 973 g/mol. The number of rotatable bonds is 14. The van der Waals surface area contributed by atoms with Gasteiger partial charge in [0.1, 0.15) is 11.5 Å². The third-order valence-corrected chi connectivity index (χ3v) is 18.3. The van der Waals surface area contributed by atoms with Crippen LogP contribution < -0.4 is 20.1 Å². The fraction of sp³-hybridized carbons (Fsp3) is 0.741. The first-order chi connectivity index (χ1) is 33.8. The van der Waals surface area contributed by atoms with Gasteiger partial charge in [-0.25, -0.2) is 19.6 Å². The van der Waals surface area contributed by atoms with Crippen molar-refractivity contribution in [1.29, 1.82) is 0 Å². The number of hydrogen-bond donors (Lipinski definition) is 2. The zero-order valence-electron chi connectivity index (χ0n) is 42.1. The topological polar surface area (TPSA) is 157 Å². The molecule has 2 amide bonds. The molecule has 2 saturated carbocycles. The summed E-state index contributed by atoms with van der Waals surface area (Å²) in [6.07, 6.45) is 7.35. The van der Waals surface area contributed by atoms with Crippen LogP contribution in [0.2, 0.25) is 0 Å². The van der Waals surface area contributed by atoms with Gasteiger partial charge in [-0.3, -0.25) is 9.59 Å². The van der Waals surface area contributed by atoms with Crippen LogP contribution in [0.25, 0.3) is 0 Å². The number of benzene rings is 2. The van der Waals surface area contributed by atoms with Crippen LogP contribution in [0.15, 0.2) is 48.5 Å². The largest absolute Gasteiger partial charge is 0.465 e. The summed E-state index contributed by atoms with van der Waals surface area (Å²) >= 11 is 0. The summed E-state index contributed by atoms with van der Waals surface area (Å²) in [4.78, 5) is 55.5. The molecule has 16 atom stereocenters. The van der Waals surface area contributed by atoms with Gasteiger partial charge in [0, 0.05) is 86.9 Å². The normalized spacial score (nSPS) is 42.1. The summed E-state index contributed by atoms with van der Waals surface area (Å²) in [5, 5.41) is 6.19. The third-order valence-electron chi connectivity index (χ3n) is 18.3. The minimum Gasteiger partial charge on any atom is -0.465 e. The minimum atomic E-state index is -0.835. The number of carbonyl (C=O) groups is 2. The van der Waals surface area contributed by atoms with Crippen LogP contribution in [0.5, 0.6) is 11.5 Å². The lowest BCUT2D eigenvalue weighted by Gasteiger charge is -2.60. The first-order valence-corrected chi connectivity index (χ1v) is 26.7. The molecule has 2 aromatic carbocycles. The Kier molecular flexibility index (Phi) is 13.6. The van der Waals surface area contributed by atoms with E-state index in [-0.39, 0.29) is 35.5 Å². The molecule has 0 aromatic heterocycles. The van der Waals surface area contributed by atoms with Crippen molar-refractivity contribution in [1.82, 2.24) is 20.4 Å². The van der Waals surface area contributed by atoms with Crippen molar-refractivity contribution in [2.75, 3.05) is 52.4 Å². The summed E-state index contributed by atoms with van der Waals surface area (Å²) in [7, 11) is 0. The molecule has 9 heterocycles. The van der Waals surface area contributed by atoms with E-state index in [9.17, 15) is 9.59 Å². The fourth-order valence-corrected chi connectivity index (χ4v) is 14.1. The highest BCUT2D eigenvalue weighted by Crippen LogP contribution is 2.62. The Labute approximate surface area is 413 Å². The van der Waals surface area contributed by atoms with Gasteiger partial charge in [0.25, 0.3) is 11.8 Å². The van der Waals surface area contributed by atoms with Gasteiger partial charge >= 0.3 is 0 Å². The quantitative estimate of drug-likeness (QED) is 0.142. The molecule has 4 bridgehead atoms. The van der Waals surface area contributed by atoms with Gasteiger partial charge in [0.15, 0.2) is 23.8 Å². The van der Waals surface area contributed by atoms with Gasteiger partial charge < -0.3 is 48.9 Å². The van der Waals surface area contributed by atoms with E-state index in [1.54, 1.807) is 0 Å². The van der Waals surface area contributed by atoms with E-state index in [1.807, 2.05) is 62.4 Å². The number of fused-ring (bicyclic) bond motifs is 4. The van der Waals surface area contributed by atoms with Crippen molar-refractivity contribution in [3.63, 3.8) is 0 Å². The summed E-state index contributed by atoms with van der Waals surface area (Å²) in [6.45, 7) is 19.8. The molecule has 9 saturated heterocycles. The minimum absolute atomic E-state index is 0.0558. The molecule has 2 spiro atoms. The van der Waals surface area contributed by atoms with Gasteiger partial charge in [0.05, 0.1) is 0 Å². The predicted molar refractivity (Wildman–Crippen MR) is 255 cm³/mol. The van der Waals surface area contributed by atoms with Crippen molar-refractivity contribution in [2.24, 2.45) is 47.3 Å². The van der Waals surface area contributed by atoms with Crippen molar-refractivity contribution in [3.05, 3.63) is 59.7 Å². The van der Waals surface area contributed by atoms with Crippen molar-refractivity contribution in [3.8, 4) is 11.5 Å². The first kappa shape index (κ1) is 48.8. The summed E-state index contributed by atoms with van der Waals surface area (Å²) in [5.41, 5.74) is -0.0755. The van der Waals surface area contributed by atoms with Gasteiger partial charge in [-0.2, -0.15) is 0 Å². The van der Waals surface area contributed by atoms with Crippen LogP contribution >= 0.6 is 0 Å². The van der Waals surface area contributed by atoms with Crippen molar-refractivity contribution in [2.45, 2.75) is 154 Å². The van der Waals surface area contributed by atoms with E-state index in [0.29, 0.717) is 59.4 Å². The maximum absolute atomic E-state index is 13.1. The van der Waals surface area contributed by atoms with Crippen LogP contribution in [0.3, 0.4) is 0 Å². The number of nitrogens with zero attached hydrogens (tertiary/aromatic N) is 2. The maximum atomic E-state index is 13.1. The Morgan fingerprint density at radius 3 is 1.36 bits per heavy atom. The van der Waals surface area contributed by atoms with E-state index in [0.717, 1.165) is 103 Å². The van der Waals surface area contributed by atoms with Gasteiger partial charge in [-0.1, -0.05) is 27.7 Å². The van der Waals surface area contributed by atoms with Crippen LogP contribution in [-0.4, -0.2) is 122 Å². The Morgan fingerprint density at radius 2 is 0.957 bits per heavy atom. The lowest BCUT2D eigenvalue weighted by atomic mass is 9.58. The molecule has 70 heavy (non-hydrogen) atoms.